The van der Waals surface area contributed by atoms with Gasteiger partial charge in [-0.15, -0.1) is 0 Å². The highest BCUT2D eigenvalue weighted by Gasteiger charge is 2.15. The molecular weight excluding hydrogens is 336 g/mol. The first-order valence-electron chi connectivity index (χ1n) is 9.80. The van der Waals surface area contributed by atoms with Gasteiger partial charge in [0.15, 0.2) is 0 Å². The van der Waals surface area contributed by atoms with E-state index < -0.39 is 0 Å². The van der Waals surface area contributed by atoms with E-state index in [1.165, 1.54) is 64.6 Å². The first-order valence-corrected chi connectivity index (χ1v) is 9.80. The minimum absolute atomic E-state index is 1.32. The fraction of sp³-hybridized carbons (Fsp3) is 0. The van der Waals surface area contributed by atoms with Gasteiger partial charge < -0.3 is 0 Å². The number of hydrogen-bond acceptors (Lipinski definition) is 0. The lowest BCUT2D eigenvalue weighted by Gasteiger charge is -2.16. The van der Waals surface area contributed by atoms with Gasteiger partial charge >= 0.3 is 0 Å². The third kappa shape index (κ3) is 1.66. The van der Waals surface area contributed by atoms with E-state index in [1.54, 1.807) is 0 Å². The Kier molecular flexibility index (Phi) is 2.57. The quantitative estimate of drug-likeness (QED) is 0.191. The van der Waals surface area contributed by atoms with Crippen LogP contribution in [-0.2, 0) is 0 Å². The SMILES string of the molecule is c1cc2ccc3cc4c5ccccc5c5ccccc5c4c4ccc(c1)c2c34. The Morgan fingerprint density at radius 2 is 0.857 bits per heavy atom. The maximum absolute atomic E-state index is 2.40. The molecule has 0 radical (unpaired) electrons. The zero-order valence-corrected chi connectivity index (χ0v) is 15.2. The molecule has 0 nitrogen and oxygen atoms in total. The Morgan fingerprint density at radius 1 is 0.286 bits per heavy atom. The minimum atomic E-state index is 1.32. The monoisotopic (exact) mass is 352 g/mol. The molecule has 0 spiro atoms. The predicted octanol–water partition coefficient (Wildman–Crippen LogP) is 8.04. The van der Waals surface area contributed by atoms with Crippen LogP contribution in [-0.4, -0.2) is 0 Å². The van der Waals surface area contributed by atoms with E-state index in [-0.39, 0.29) is 0 Å². The van der Waals surface area contributed by atoms with Crippen LogP contribution in [0.25, 0.3) is 64.6 Å². The van der Waals surface area contributed by atoms with Crippen LogP contribution >= 0.6 is 0 Å². The Labute approximate surface area is 162 Å². The number of hydrogen-bond donors (Lipinski definition) is 0. The molecular formula is C28H16. The molecule has 128 valence electrons. The van der Waals surface area contributed by atoms with E-state index in [0.717, 1.165) is 0 Å². The van der Waals surface area contributed by atoms with E-state index in [4.69, 9.17) is 0 Å². The van der Waals surface area contributed by atoms with Crippen molar-refractivity contribution in [2.45, 2.75) is 0 Å². The number of rotatable bonds is 0. The van der Waals surface area contributed by atoms with Gasteiger partial charge in [-0.1, -0.05) is 91.0 Å². The van der Waals surface area contributed by atoms with Crippen molar-refractivity contribution >= 4 is 64.6 Å². The van der Waals surface area contributed by atoms with Gasteiger partial charge in [0, 0.05) is 0 Å². The van der Waals surface area contributed by atoms with Crippen molar-refractivity contribution in [3.63, 3.8) is 0 Å². The summed E-state index contributed by atoms with van der Waals surface area (Å²) in [7, 11) is 0. The predicted molar refractivity (Wildman–Crippen MR) is 123 cm³/mol. The van der Waals surface area contributed by atoms with Gasteiger partial charge in [-0.25, -0.2) is 0 Å². The van der Waals surface area contributed by atoms with Crippen LogP contribution in [0.3, 0.4) is 0 Å². The summed E-state index contributed by atoms with van der Waals surface area (Å²) in [5.41, 5.74) is 0. The van der Waals surface area contributed by atoms with Crippen LogP contribution in [0.5, 0.6) is 0 Å². The smallest absolute Gasteiger partial charge is 0.00197 e. The van der Waals surface area contributed by atoms with Gasteiger partial charge in [-0.3, -0.25) is 0 Å². The van der Waals surface area contributed by atoms with Crippen molar-refractivity contribution in [2.75, 3.05) is 0 Å². The highest BCUT2D eigenvalue weighted by Crippen LogP contribution is 2.43. The van der Waals surface area contributed by atoms with Crippen molar-refractivity contribution < 1.29 is 0 Å². The van der Waals surface area contributed by atoms with Crippen molar-refractivity contribution in [2.24, 2.45) is 0 Å². The topological polar surface area (TPSA) is 0 Å². The van der Waals surface area contributed by atoms with E-state index in [2.05, 4.69) is 97.1 Å². The van der Waals surface area contributed by atoms with Crippen molar-refractivity contribution in [1.82, 2.24) is 0 Å². The molecule has 0 N–H and O–H groups in total. The maximum atomic E-state index is 2.40. The van der Waals surface area contributed by atoms with Crippen LogP contribution in [0, 0.1) is 0 Å². The summed E-state index contributed by atoms with van der Waals surface area (Å²) in [6.45, 7) is 0. The molecule has 7 aromatic rings. The molecule has 0 saturated heterocycles. The second-order valence-electron chi connectivity index (χ2n) is 7.75. The van der Waals surface area contributed by atoms with E-state index in [9.17, 15) is 0 Å². The van der Waals surface area contributed by atoms with Gasteiger partial charge in [-0.05, 0) is 70.7 Å². The van der Waals surface area contributed by atoms with Gasteiger partial charge in [0.2, 0.25) is 0 Å². The third-order valence-corrected chi connectivity index (χ3v) is 6.35. The molecule has 0 aromatic heterocycles. The van der Waals surface area contributed by atoms with Crippen LogP contribution in [0.2, 0.25) is 0 Å². The number of benzene rings is 7. The molecule has 0 atom stereocenters. The summed E-state index contributed by atoms with van der Waals surface area (Å²) in [5.74, 6) is 0. The van der Waals surface area contributed by atoms with Gasteiger partial charge in [0.1, 0.15) is 0 Å². The summed E-state index contributed by atoms with van der Waals surface area (Å²) >= 11 is 0. The highest BCUT2D eigenvalue weighted by atomic mass is 14.2. The molecule has 0 heterocycles. The normalized spacial score (nSPS) is 12.3. The molecule has 0 bridgehead atoms. The average Bonchev–Trinajstić information content (AvgIpc) is 2.77. The minimum Gasteiger partial charge on any atom is -0.0616 e. The van der Waals surface area contributed by atoms with E-state index in [1.807, 2.05) is 0 Å². The molecule has 0 heteroatoms. The summed E-state index contributed by atoms with van der Waals surface area (Å²) in [5, 5.41) is 16.2. The lowest BCUT2D eigenvalue weighted by atomic mass is 9.87. The van der Waals surface area contributed by atoms with Crippen LogP contribution in [0.1, 0.15) is 0 Å². The number of fused-ring (bicyclic) bond motifs is 7. The first kappa shape index (κ1) is 14.4. The average molecular weight is 352 g/mol. The molecule has 0 fully saturated rings. The van der Waals surface area contributed by atoms with Gasteiger partial charge in [0.05, 0.1) is 0 Å². The largest absolute Gasteiger partial charge is 0.0616 e. The Balaban J connectivity index is 1.91. The maximum Gasteiger partial charge on any atom is -0.00197 e. The second kappa shape index (κ2) is 4.99. The summed E-state index contributed by atoms with van der Waals surface area (Å²) < 4.78 is 0. The van der Waals surface area contributed by atoms with Crippen LogP contribution in [0.15, 0.2) is 97.1 Å². The Morgan fingerprint density at radius 3 is 1.61 bits per heavy atom. The summed E-state index contributed by atoms with van der Waals surface area (Å²) in [6.07, 6.45) is 0. The molecule has 0 amide bonds. The van der Waals surface area contributed by atoms with E-state index in [0.29, 0.717) is 0 Å². The lowest BCUT2D eigenvalue weighted by Crippen LogP contribution is -1.88. The molecule has 0 aliphatic heterocycles. The summed E-state index contributed by atoms with van der Waals surface area (Å²) in [6, 6.07) is 35.8. The molecule has 7 aromatic carbocycles. The zero-order chi connectivity index (χ0) is 18.2. The first-order chi connectivity index (χ1) is 13.9. The lowest BCUT2D eigenvalue weighted by molar-refractivity contribution is 1.79. The standard InChI is InChI=1S/C28H16/c1-2-10-22-20(8-1)21-9-3-4-11-23(21)28-24-15-14-18-7-5-6-17-12-13-19(16-25(22)28)27(24)26(17)18/h1-16H. The molecule has 0 saturated carbocycles. The van der Waals surface area contributed by atoms with Gasteiger partial charge in [-0.2, -0.15) is 0 Å². The van der Waals surface area contributed by atoms with Crippen molar-refractivity contribution in [1.29, 1.82) is 0 Å². The molecule has 7 rings (SSSR count). The fourth-order valence-corrected chi connectivity index (χ4v) is 5.20. The van der Waals surface area contributed by atoms with Crippen LogP contribution in [0.4, 0.5) is 0 Å². The van der Waals surface area contributed by atoms with E-state index >= 15 is 0 Å². The molecule has 0 aliphatic rings. The van der Waals surface area contributed by atoms with Crippen molar-refractivity contribution in [3.8, 4) is 0 Å². The molecule has 28 heavy (non-hydrogen) atoms. The summed E-state index contributed by atoms with van der Waals surface area (Å²) in [4.78, 5) is 0. The third-order valence-electron chi connectivity index (χ3n) is 6.35. The fourth-order valence-electron chi connectivity index (χ4n) is 5.20. The van der Waals surface area contributed by atoms with Crippen LogP contribution < -0.4 is 0 Å². The zero-order valence-electron chi connectivity index (χ0n) is 15.2. The van der Waals surface area contributed by atoms with Crippen molar-refractivity contribution in [3.05, 3.63) is 97.1 Å². The molecule has 0 unspecified atom stereocenters. The van der Waals surface area contributed by atoms with Gasteiger partial charge in [0.25, 0.3) is 0 Å². The Hall–Kier alpha value is -3.64. The highest BCUT2D eigenvalue weighted by molar-refractivity contribution is 6.37. The Bertz CT molecular complexity index is 1690. The second-order valence-corrected chi connectivity index (χ2v) is 7.75. The molecule has 0 aliphatic carbocycles.